The first-order valence-corrected chi connectivity index (χ1v) is 7.45. The third kappa shape index (κ3) is 4.44. The Morgan fingerprint density at radius 1 is 1.05 bits per heavy atom. The van der Waals surface area contributed by atoms with E-state index >= 15 is 0 Å². The zero-order valence-electron chi connectivity index (χ0n) is 10.2. The first-order valence-electron chi connectivity index (χ1n) is 5.56. The average molecular weight is 388 g/mol. The van der Waals surface area contributed by atoms with Crippen LogP contribution in [0.3, 0.4) is 0 Å². The molecule has 2 aromatic carbocycles. The summed E-state index contributed by atoms with van der Waals surface area (Å²) in [4.78, 5) is 11.6. The Hall–Kier alpha value is -0.580. The normalized spacial score (nSPS) is 11.5. The molecule has 112 valence electrons. The molecule has 21 heavy (non-hydrogen) atoms. The monoisotopic (exact) mass is 386 g/mol. The van der Waals surface area contributed by atoms with E-state index in [1.807, 2.05) is 0 Å². The SMILES string of the molecule is O=C(OCC(Cl)(Cl)Cl)Oc1c(Cl)cc(Cl)c2ccccc12. The second-order valence-corrected chi connectivity index (χ2v) is 7.30. The quantitative estimate of drug-likeness (QED) is 0.358. The largest absolute Gasteiger partial charge is 0.514 e. The van der Waals surface area contributed by atoms with E-state index < -0.39 is 16.6 Å². The van der Waals surface area contributed by atoms with Crippen LogP contribution in [0.1, 0.15) is 0 Å². The van der Waals surface area contributed by atoms with Gasteiger partial charge in [0.05, 0.1) is 10.0 Å². The van der Waals surface area contributed by atoms with Crippen molar-refractivity contribution in [2.24, 2.45) is 0 Å². The van der Waals surface area contributed by atoms with E-state index in [0.717, 1.165) is 0 Å². The summed E-state index contributed by atoms with van der Waals surface area (Å²) in [5.41, 5.74) is 0. The summed E-state index contributed by atoms with van der Waals surface area (Å²) in [6.45, 7) is -0.445. The predicted molar refractivity (Wildman–Crippen MR) is 86.2 cm³/mol. The molecular weight excluding hydrogens is 381 g/mol. The summed E-state index contributed by atoms with van der Waals surface area (Å²) in [5, 5.41) is 1.87. The lowest BCUT2D eigenvalue weighted by Crippen LogP contribution is -2.19. The van der Waals surface area contributed by atoms with Gasteiger partial charge in [-0.3, -0.25) is 0 Å². The number of rotatable bonds is 2. The molecule has 2 aromatic rings. The van der Waals surface area contributed by atoms with Crippen molar-refractivity contribution in [1.29, 1.82) is 0 Å². The third-order valence-electron chi connectivity index (χ3n) is 2.44. The van der Waals surface area contributed by atoms with Gasteiger partial charge in [0.15, 0.2) is 5.75 Å². The molecule has 2 rings (SSSR count). The van der Waals surface area contributed by atoms with Crippen LogP contribution < -0.4 is 4.74 Å². The van der Waals surface area contributed by atoms with Gasteiger partial charge in [0.2, 0.25) is 3.79 Å². The van der Waals surface area contributed by atoms with Gasteiger partial charge < -0.3 is 9.47 Å². The Labute approximate surface area is 145 Å². The van der Waals surface area contributed by atoms with Crippen LogP contribution in [-0.4, -0.2) is 16.6 Å². The van der Waals surface area contributed by atoms with E-state index in [1.54, 1.807) is 24.3 Å². The van der Waals surface area contributed by atoms with Gasteiger partial charge >= 0.3 is 6.16 Å². The molecule has 0 aliphatic rings. The van der Waals surface area contributed by atoms with Gasteiger partial charge in [0.25, 0.3) is 0 Å². The van der Waals surface area contributed by atoms with Gasteiger partial charge in [0, 0.05) is 10.8 Å². The van der Waals surface area contributed by atoms with Crippen LogP contribution in [0.4, 0.5) is 4.79 Å². The molecular formula is C13H7Cl5O3. The predicted octanol–water partition coefficient (Wildman–Crippen LogP) is 6.03. The topological polar surface area (TPSA) is 35.5 Å². The summed E-state index contributed by atoms with van der Waals surface area (Å²) >= 11 is 28.6. The second-order valence-electron chi connectivity index (χ2n) is 3.97. The summed E-state index contributed by atoms with van der Waals surface area (Å²) < 4.78 is 8.06. The Morgan fingerprint density at radius 3 is 2.29 bits per heavy atom. The maximum Gasteiger partial charge on any atom is 0.514 e. The maximum absolute atomic E-state index is 11.6. The highest BCUT2D eigenvalue weighted by Crippen LogP contribution is 2.38. The molecule has 0 fully saturated rings. The van der Waals surface area contributed by atoms with Crippen molar-refractivity contribution in [2.45, 2.75) is 3.79 Å². The fourth-order valence-corrected chi connectivity index (χ4v) is 2.37. The third-order valence-corrected chi connectivity index (χ3v) is 3.36. The minimum absolute atomic E-state index is 0.131. The summed E-state index contributed by atoms with van der Waals surface area (Å²) in [7, 11) is 0. The van der Waals surface area contributed by atoms with Crippen molar-refractivity contribution in [3.8, 4) is 5.75 Å². The minimum Gasteiger partial charge on any atom is -0.429 e. The Bertz CT molecular complexity index is 681. The lowest BCUT2D eigenvalue weighted by atomic mass is 10.1. The Morgan fingerprint density at radius 2 is 1.67 bits per heavy atom. The number of benzene rings is 2. The summed E-state index contributed by atoms with van der Waals surface area (Å²) in [5.74, 6) is 0.131. The highest BCUT2D eigenvalue weighted by atomic mass is 35.6. The molecule has 0 saturated heterocycles. The van der Waals surface area contributed by atoms with Crippen LogP contribution in [0, 0.1) is 0 Å². The molecule has 0 aromatic heterocycles. The van der Waals surface area contributed by atoms with E-state index in [0.29, 0.717) is 15.8 Å². The highest BCUT2D eigenvalue weighted by molar-refractivity contribution is 6.67. The van der Waals surface area contributed by atoms with Gasteiger partial charge in [-0.2, -0.15) is 0 Å². The van der Waals surface area contributed by atoms with Crippen molar-refractivity contribution >= 4 is 74.9 Å². The van der Waals surface area contributed by atoms with Crippen LogP contribution in [0.5, 0.6) is 5.75 Å². The number of fused-ring (bicyclic) bond motifs is 1. The zero-order valence-corrected chi connectivity index (χ0v) is 14.0. The van der Waals surface area contributed by atoms with Crippen LogP contribution in [-0.2, 0) is 4.74 Å². The Kier molecular flexibility index (Phi) is 5.33. The number of halogens is 5. The van der Waals surface area contributed by atoms with E-state index in [4.69, 9.17) is 67.5 Å². The number of ether oxygens (including phenoxy) is 2. The van der Waals surface area contributed by atoms with Gasteiger partial charge in [0.1, 0.15) is 6.61 Å². The molecule has 3 nitrogen and oxygen atoms in total. The van der Waals surface area contributed by atoms with E-state index in [9.17, 15) is 4.79 Å². The second kappa shape index (κ2) is 6.67. The first kappa shape index (κ1) is 16.8. The smallest absolute Gasteiger partial charge is 0.429 e. The maximum atomic E-state index is 11.6. The van der Waals surface area contributed by atoms with Crippen molar-refractivity contribution in [1.82, 2.24) is 0 Å². The fourth-order valence-electron chi connectivity index (χ4n) is 1.63. The first-order chi connectivity index (χ1) is 9.78. The lowest BCUT2D eigenvalue weighted by molar-refractivity contribution is 0.101. The number of carbonyl (C=O) groups excluding carboxylic acids is 1. The Balaban J connectivity index is 2.28. The number of hydrogen-bond acceptors (Lipinski definition) is 3. The molecule has 0 aliphatic heterocycles. The highest BCUT2D eigenvalue weighted by Gasteiger charge is 2.24. The van der Waals surface area contributed by atoms with E-state index in [1.165, 1.54) is 6.07 Å². The van der Waals surface area contributed by atoms with Gasteiger partial charge in [-0.05, 0) is 6.07 Å². The van der Waals surface area contributed by atoms with Crippen molar-refractivity contribution in [3.63, 3.8) is 0 Å². The molecule has 0 saturated carbocycles. The summed E-state index contributed by atoms with van der Waals surface area (Å²) in [6, 6.07) is 8.52. The average Bonchev–Trinajstić information content (AvgIpc) is 2.40. The van der Waals surface area contributed by atoms with Crippen molar-refractivity contribution in [3.05, 3.63) is 40.4 Å². The molecule has 0 radical (unpaired) electrons. The standard InChI is InChI=1S/C13H7Cl5O3/c14-9-5-10(15)11(8-4-2-1-3-7(8)9)21-12(19)20-6-13(16,17)18/h1-5H,6H2. The van der Waals surface area contributed by atoms with Crippen molar-refractivity contribution < 1.29 is 14.3 Å². The number of carbonyl (C=O) groups is 1. The number of hydrogen-bond donors (Lipinski definition) is 0. The van der Waals surface area contributed by atoms with Crippen LogP contribution in [0.15, 0.2) is 30.3 Å². The van der Waals surface area contributed by atoms with Gasteiger partial charge in [-0.25, -0.2) is 4.79 Å². The molecule has 0 bridgehead atoms. The van der Waals surface area contributed by atoms with Crippen LogP contribution in [0.25, 0.3) is 10.8 Å². The summed E-state index contributed by atoms with van der Waals surface area (Å²) in [6.07, 6.45) is -1.03. The van der Waals surface area contributed by atoms with Crippen molar-refractivity contribution in [2.75, 3.05) is 6.61 Å². The molecule has 0 atom stereocenters. The molecule has 0 heterocycles. The molecule has 0 amide bonds. The molecule has 0 spiro atoms. The van der Waals surface area contributed by atoms with Gasteiger partial charge in [-0.15, -0.1) is 0 Å². The van der Waals surface area contributed by atoms with E-state index in [-0.39, 0.29) is 10.8 Å². The van der Waals surface area contributed by atoms with E-state index in [2.05, 4.69) is 0 Å². The molecule has 0 N–H and O–H groups in total. The molecule has 0 aliphatic carbocycles. The minimum atomic E-state index is -1.72. The zero-order chi connectivity index (χ0) is 15.6. The molecule has 8 heteroatoms. The van der Waals surface area contributed by atoms with Crippen LogP contribution >= 0.6 is 58.0 Å². The van der Waals surface area contributed by atoms with Gasteiger partial charge in [-0.1, -0.05) is 82.3 Å². The fraction of sp³-hybridized carbons (Fsp3) is 0.154. The lowest BCUT2D eigenvalue weighted by Gasteiger charge is -2.13. The molecule has 0 unspecified atom stereocenters. The van der Waals surface area contributed by atoms with Crippen LogP contribution in [0.2, 0.25) is 10.0 Å². The number of alkyl halides is 3.